The van der Waals surface area contributed by atoms with Crippen LogP contribution in [0.25, 0.3) is 0 Å². The van der Waals surface area contributed by atoms with E-state index in [0.717, 1.165) is 25.0 Å². The molecule has 0 spiro atoms. The van der Waals surface area contributed by atoms with Crippen molar-refractivity contribution < 1.29 is 84.5 Å². The molecular weight excluding hydrogens is 732 g/mol. The Bertz CT molecular complexity index is 1270. The van der Waals surface area contributed by atoms with E-state index in [-0.39, 0.29) is 6.54 Å². The Kier molecular flexibility index (Phi) is 17.4. The summed E-state index contributed by atoms with van der Waals surface area (Å²) < 4.78 is 23.4. The number of anilines is 1. The number of nitrogens with one attached hydrogen (secondary N) is 1. The zero-order chi connectivity index (χ0) is 37.9. The van der Waals surface area contributed by atoms with Crippen LogP contribution in [0.1, 0.15) is 25.7 Å². The van der Waals surface area contributed by atoms with Crippen LogP contribution in [0.2, 0.25) is 0 Å². The topological polar surface area (TPSA) is 292 Å². The number of hydrogen-bond acceptors (Lipinski definition) is 19. The molecule has 0 radical (unpaired) electrons. The molecule has 52 heavy (non-hydrogen) atoms. The van der Waals surface area contributed by atoms with Gasteiger partial charge in [0, 0.05) is 41.8 Å². The summed E-state index contributed by atoms with van der Waals surface area (Å²) in [6.45, 7) is -2.44. The summed E-state index contributed by atoms with van der Waals surface area (Å²) in [5.74, 6) is 1.16. The molecule has 296 valence electrons. The molecule has 3 aliphatic rings. The first-order valence-electron chi connectivity index (χ1n) is 17.1. The molecule has 0 saturated carbocycles. The van der Waals surface area contributed by atoms with E-state index in [4.69, 9.17) is 18.9 Å². The summed E-state index contributed by atoms with van der Waals surface area (Å²) in [5, 5.41) is 117. The molecule has 18 nitrogen and oxygen atoms in total. The molecule has 1 aromatic rings. The molecule has 0 aliphatic carbocycles. The fourth-order valence-electron chi connectivity index (χ4n) is 6.11. The largest absolute Gasteiger partial charge is 0.430 e. The zero-order valence-electron chi connectivity index (χ0n) is 28.3. The quantitative estimate of drug-likeness (QED) is 0.0213. The number of carbonyl (C=O) groups excluding carboxylic acids is 1. The number of unbranched alkanes of at least 4 members (excludes halogenated alkanes) is 1. The highest BCUT2D eigenvalue weighted by Crippen LogP contribution is 2.40. The normalized spacial score (nSPS) is 34.6. The van der Waals surface area contributed by atoms with Crippen molar-refractivity contribution in [1.29, 1.82) is 0 Å². The average Bonchev–Trinajstić information content (AvgIpc) is 3.68. The van der Waals surface area contributed by atoms with Crippen molar-refractivity contribution in [2.24, 2.45) is 0 Å². The lowest BCUT2D eigenvalue weighted by atomic mass is 9.96. The second kappa shape index (κ2) is 21.0. The Balaban J connectivity index is 1.35. The lowest BCUT2D eigenvalue weighted by Gasteiger charge is -2.46. The molecule has 0 bridgehead atoms. The van der Waals surface area contributed by atoms with Gasteiger partial charge in [0.2, 0.25) is 5.69 Å². The van der Waals surface area contributed by atoms with Gasteiger partial charge in [0.1, 0.15) is 67.1 Å². The van der Waals surface area contributed by atoms with Crippen molar-refractivity contribution >= 4 is 39.0 Å². The molecule has 3 heterocycles. The van der Waals surface area contributed by atoms with Crippen LogP contribution in [0.5, 0.6) is 0 Å². The molecule has 12 N–H and O–H groups in total. The van der Waals surface area contributed by atoms with Crippen molar-refractivity contribution in [3.63, 3.8) is 0 Å². The number of rotatable bonds is 19. The minimum atomic E-state index is -2.01. The number of isocyanates is 1. The third-order valence-corrected chi connectivity index (χ3v) is 12.2. The van der Waals surface area contributed by atoms with Gasteiger partial charge in [-0.05, 0) is 25.3 Å². The third kappa shape index (κ3) is 11.1. The van der Waals surface area contributed by atoms with Crippen LogP contribution in [-0.4, -0.2) is 197 Å². The molecular formula is C32H51N2O16S2+. The van der Waals surface area contributed by atoms with E-state index in [9.17, 15) is 61.0 Å². The lowest BCUT2D eigenvalue weighted by Crippen LogP contribution is -2.65. The minimum Gasteiger partial charge on any atom is -0.394 e. The van der Waals surface area contributed by atoms with Crippen molar-refractivity contribution in [2.75, 3.05) is 44.0 Å². The van der Waals surface area contributed by atoms with Gasteiger partial charge in [-0.3, -0.25) is 0 Å². The summed E-state index contributed by atoms with van der Waals surface area (Å²) in [5.41, 5.74) is 1.04. The molecule has 0 aromatic heterocycles. The predicted molar refractivity (Wildman–Crippen MR) is 184 cm³/mol. The van der Waals surface area contributed by atoms with Crippen LogP contribution in [0, 0.1) is 0 Å². The maximum Gasteiger partial charge on any atom is 0.430 e. The van der Waals surface area contributed by atoms with E-state index < -0.39 is 106 Å². The molecule has 4 rings (SSSR count). The summed E-state index contributed by atoms with van der Waals surface area (Å²) in [4.78, 5) is 11.7. The Hall–Kier alpha value is -1.50. The highest BCUT2D eigenvalue weighted by Gasteiger charge is 2.52. The highest BCUT2D eigenvalue weighted by molar-refractivity contribution is 8.77. The highest BCUT2D eigenvalue weighted by atomic mass is 33.1. The number of nitrogens with zero attached hydrogens (tertiary/aromatic N) is 1. The average molecular weight is 784 g/mol. The molecule has 15 atom stereocenters. The molecule has 3 aliphatic heterocycles. The van der Waals surface area contributed by atoms with Crippen molar-refractivity contribution in [3.05, 3.63) is 24.3 Å². The summed E-state index contributed by atoms with van der Waals surface area (Å²) in [6, 6.07) is 6.75. The van der Waals surface area contributed by atoms with Crippen LogP contribution < -0.4 is 5.32 Å². The molecule has 3 saturated heterocycles. The van der Waals surface area contributed by atoms with Gasteiger partial charge in [0.05, 0.1) is 25.9 Å². The van der Waals surface area contributed by atoms with Crippen LogP contribution in [0.4, 0.5) is 11.4 Å². The smallest absolute Gasteiger partial charge is 0.394 e. The van der Waals surface area contributed by atoms with Gasteiger partial charge in [-0.25, -0.2) is 0 Å². The summed E-state index contributed by atoms with van der Waals surface area (Å²) in [6.07, 6.45) is -18.7. The number of hydrogen-bond donors (Lipinski definition) is 12. The second-order valence-corrected chi connectivity index (χ2v) is 15.7. The number of ether oxygens (including phenoxy) is 4. The van der Waals surface area contributed by atoms with Crippen LogP contribution in [0.3, 0.4) is 0 Å². The summed E-state index contributed by atoms with van der Waals surface area (Å²) >= 11 is 0. The lowest BCUT2D eigenvalue weighted by molar-refractivity contribution is -0.438. The standard InChI is InChI=1S/C32H51N2O16S2/c35-12-20(40)29(49-32-28(46)26(44)30(22(14-37)48-32)50-31-27(45)25(43)24(42)21(13-36)47-31)23(41)19(39)11-33-16-4-3-5-17(10-16)34(15-38)8-2-1-6-18-7-9-51-52-18/h3-5,10,18-33,35-37,39-46H,1-2,6-9,11-14H2/q+1. The Morgan fingerprint density at radius 3 is 2.27 bits per heavy atom. The first-order chi connectivity index (χ1) is 24.9. The predicted octanol–water partition coefficient (Wildman–Crippen LogP) is -3.51. The van der Waals surface area contributed by atoms with Gasteiger partial charge >= 0.3 is 6.08 Å². The maximum atomic E-state index is 11.7. The van der Waals surface area contributed by atoms with E-state index in [0.29, 0.717) is 23.2 Å². The van der Waals surface area contributed by atoms with Crippen LogP contribution in [0.15, 0.2) is 24.3 Å². The number of aliphatic hydroxyl groups excluding tert-OH is 11. The zero-order valence-corrected chi connectivity index (χ0v) is 29.9. The molecule has 0 amide bonds. The van der Waals surface area contributed by atoms with Crippen molar-refractivity contribution in [3.8, 4) is 0 Å². The number of benzene rings is 1. The maximum absolute atomic E-state index is 11.7. The van der Waals surface area contributed by atoms with E-state index in [2.05, 4.69) is 5.32 Å². The first-order valence-corrected chi connectivity index (χ1v) is 19.5. The van der Waals surface area contributed by atoms with Crippen LogP contribution in [-0.2, 0) is 23.7 Å². The number of aliphatic hydroxyl groups is 11. The molecule has 3 fully saturated rings. The van der Waals surface area contributed by atoms with E-state index >= 15 is 0 Å². The second-order valence-electron chi connectivity index (χ2n) is 12.9. The molecule has 1 aromatic carbocycles. The minimum absolute atomic E-state index is 0.310. The van der Waals surface area contributed by atoms with Gasteiger partial charge in [-0.2, -0.15) is 4.79 Å². The van der Waals surface area contributed by atoms with Gasteiger partial charge in [-0.1, -0.05) is 27.7 Å². The van der Waals surface area contributed by atoms with Gasteiger partial charge in [-0.15, -0.1) is 4.58 Å². The van der Waals surface area contributed by atoms with Gasteiger partial charge < -0.3 is 80.4 Å². The van der Waals surface area contributed by atoms with E-state index in [1.807, 2.05) is 27.7 Å². The van der Waals surface area contributed by atoms with E-state index in [1.165, 1.54) is 11.0 Å². The van der Waals surface area contributed by atoms with Gasteiger partial charge in [0.25, 0.3) is 0 Å². The van der Waals surface area contributed by atoms with E-state index in [1.54, 1.807) is 24.3 Å². The summed E-state index contributed by atoms with van der Waals surface area (Å²) in [7, 11) is 3.79. The Morgan fingerprint density at radius 2 is 1.62 bits per heavy atom. The Morgan fingerprint density at radius 1 is 0.904 bits per heavy atom. The molecule has 15 unspecified atom stereocenters. The Labute approximate surface area is 308 Å². The first kappa shape index (κ1) is 43.2. The van der Waals surface area contributed by atoms with Gasteiger partial charge in [0.15, 0.2) is 19.1 Å². The molecule has 20 heteroatoms. The fourth-order valence-corrected chi connectivity index (χ4v) is 9.13. The van der Waals surface area contributed by atoms with Crippen molar-refractivity contribution in [1.82, 2.24) is 0 Å². The third-order valence-electron chi connectivity index (χ3n) is 9.22. The van der Waals surface area contributed by atoms with Crippen LogP contribution >= 0.6 is 21.6 Å². The fraction of sp³-hybridized carbons (Fsp3) is 0.781. The SMILES string of the molecule is O=C=[N+](CCCCC1CCSS1)c1cccc(NCC(O)C(O)C(OC2OC(CO)C(OC3OC(CO)C(O)C(O)C3O)C(O)C2O)C(O)CO)c1. The monoisotopic (exact) mass is 783 g/mol. The van der Waals surface area contributed by atoms with Crippen molar-refractivity contribution in [2.45, 2.75) is 117 Å².